The lowest BCUT2D eigenvalue weighted by atomic mass is 9.68. The highest BCUT2D eigenvalue weighted by Crippen LogP contribution is 2.44. The van der Waals surface area contributed by atoms with Crippen LogP contribution in [0.15, 0.2) is 18.2 Å². The van der Waals surface area contributed by atoms with E-state index in [0.29, 0.717) is 18.8 Å². The number of hydrogen-bond acceptors (Lipinski definition) is 5. The monoisotopic (exact) mass is 375 g/mol. The molecule has 0 radical (unpaired) electrons. The van der Waals surface area contributed by atoms with Crippen molar-refractivity contribution in [2.75, 3.05) is 27.0 Å². The van der Waals surface area contributed by atoms with Crippen LogP contribution in [0.4, 0.5) is 0 Å². The lowest BCUT2D eigenvalue weighted by Crippen LogP contribution is -2.49. The van der Waals surface area contributed by atoms with Gasteiger partial charge in [0.15, 0.2) is 11.5 Å². The fourth-order valence-electron chi connectivity index (χ4n) is 4.24. The summed E-state index contributed by atoms with van der Waals surface area (Å²) in [6, 6.07) is 5.85. The van der Waals surface area contributed by atoms with Gasteiger partial charge in [0.2, 0.25) is 12.7 Å². The Hall–Kier alpha value is -2.24. The quantitative estimate of drug-likeness (QED) is 0.714. The van der Waals surface area contributed by atoms with Crippen LogP contribution in [0.1, 0.15) is 51.5 Å². The summed E-state index contributed by atoms with van der Waals surface area (Å²) in [6.07, 6.45) is 4.81. The molecule has 0 spiro atoms. The van der Waals surface area contributed by atoms with Gasteiger partial charge in [-0.3, -0.25) is 9.59 Å². The van der Waals surface area contributed by atoms with E-state index in [2.05, 4.69) is 0 Å². The lowest BCUT2D eigenvalue weighted by Gasteiger charge is -2.40. The van der Waals surface area contributed by atoms with Gasteiger partial charge in [0.25, 0.3) is 0 Å². The molecule has 1 heterocycles. The number of likely N-dealkylation sites (N-methyl/N-ethyl adjacent to an activating group) is 1. The third kappa shape index (κ3) is 3.75. The fraction of sp³-hybridized carbons (Fsp3) is 0.619. The van der Waals surface area contributed by atoms with Crippen molar-refractivity contribution in [3.63, 3.8) is 0 Å². The topological polar surface area (TPSA) is 65.1 Å². The standard InChI is InChI=1S/C21H29NO5/c1-4-22(13-15(2)19(23)25-3)20(24)21(10-6-5-7-11-21)16-8-9-17-18(12-16)27-14-26-17/h8-9,12,15H,4-7,10-11,13-14H2,1-3H3. The normalized spacial score (nSPS) is 18.6. The van der Waals surface area contributed by atoms with Crippen LogP contribution in [0.3, 0.4) is 0 Å². The van der Waals surface area contributed by atoms with Crippen LogP contribution in [-0.2, 0) is 19.7 Å². The Bertz CT molecular complexity index is 696. The molecule has 1 unspecified atom stereocenters. The molecule has 6 nitrogen and oxygen atoms in total. The third-order valence-corrected chi connectivity index (χ3v) is 5.81. The Balaban J connectivity index is 1.91. The van der Waals surface area contributed by atoms with E-state index in [4.69, 9.17) is 14.2 Å². The van der Waals surface area contributed by atoms with Gasteiger partial charge < -0.3 is 19.1 Å². The van der Waals surface area contributed by atoms with Crippen molar-refractivity contribution >= 4 is 11.9 Å². The molecule has 0 saturated heterocycles. The van der Waals surface area contributed by atoms with Crippen LogP contribution in [-0.4, -0.2) is 43.8 Å². The summed E-state index contributed by atoms with van der Waals surface area (Å²) < 4.78 is 15.8. The minimum absolute atomic E-state index is 0.0966. The SMILES string of the molecule is CCN(CC(C)C(=O)OC)C(=O)C1(c2ccc3c(c2)OCO3)CCCCC1. The summed E-state index contributed by atoms with van der Waals surface area (Å²) in [7, 11) is 1.38. The van der Waals surface area contributed by atoms with E-state index in [0.717, 1.165) is 43.4 Å². The molecule has 27 heavy (non-hydrogen) atoms. The van der Waals surface area contributed by atoms with Gasteiger partial charge in [-0.2, -0.15) is 0 Å². The number of hydrogen-bond donors (Lipinski definition) is 0. The smallest absolute Gasteiger partial charge is 0.310 e. The number of fused-ring (bicyclic) bond motifs is 1. The summed E-state index contributed by atoms with van der Waals surface area (Å²) in [6.45, 7) is 4.91. The maximum Gasteiger partial charge on any atom is 0.310 e. The number of methoxy groups -OCH3 is 1. The van der Waals surface area contributed by atoms with Crippen molar-refractivity contribution in [3.8, 4) is 11.5 Å². The maximum absolute atomic E-state index is 13.7. The molecular formula is C21H29NO5. The van der Waals surface area contributed by atoms with Crippen LogP contribution in [0.25, 0.3) is 0 Å². The van der Waals surface area contributed by atoms with E-state index < -0.39 is 5.41 Å². The molecule has 1 atom stereocenters. The minimum Gasteiger partial charge on any atom is -0.469 e. The second kappa shape index (κ2) is 8.19. The zero-order chi connectivity index (χ0) is 19.4. The van der Waals surface area contributed by atoms with E-state index in [1.807, 2.05) is 25.1 Å². The van der Waals surface area contributed by atoms with Crippen molar-refractivity contribution in [1.82, 2.24) is 4.90 Å². The maximum atomic E-state index is 13.7. The van der Waals surface area contributed by atoms with Gasteiger partial charge in [0.05, 0.1) is 18.4 Å². The van der Waals surface area contributed by atoms with Crippen LogP contribution in [0.2, 0.25) is 0 Å². The number of amides is 1. The molecule has 1 amide bonds. The van der Waals surface area contributed by atoms with E-state index in [1.54, 1.807) is 11.8 Å². The number of benzene rings is 1. The van der Waals surface area contributed by atoms with Gasteiger partial charge >= 0.3 is 5.97 Å². The van der Waals surface area contributed by atoms with Gasteiger partial charge in [0, 0.05) is 13.1 Å². The lowest BCUT2D eigenvalue weighted by molar-refractivity contribution is -0.147. The van der Waals surface area contributed by atoms with Gasteiger partial charge in [-0.25, -0.2) is 0 Å². The number of rotatable bonds is 6. The molecule has 6 heteroatoms. The Morgan fingerprint density at radius 3 is 2.56 bits per heavy atom. The van der Waals surface area contributed by atoms with Crippen molar-refractivity contribution in [2.24, 2.45) is 5.92 Å². The Kier molecular flexibility index (Phi) is 5.92. The molecule has 1 aromatic carbocycles. The van der Waals surface area contributed by atoms with Crippen LogP contribution in [0, 0.1) is 5.92 Å². The summed E-state index contributed by atoms with van der Waals surface area (Å²) in [4.78, 5) is 27.4. The number of nitrogens with zero attached hydrogens (tertiary/aromatic N) is 1. The largest absolute Gasteiger partial charge is 0.469 e. The molecular weight excluding hydrogens is 346 g/mol. The second-order valence-corrected chi connectivity index (χ2v) is 7.48. The molecule has 0 aromatic heterocycles. The van der Waals surface area contributed by atoms with Crippen LogP contribution < -0.4 is 9.47 Å². The van der Waals surface area contributed by atoms with E-state index >= 15 is 0 Å². The Morgan fingerprint density at radius 2 is 1.89 bits per heavy atom. The van der Waals surface area contributed by atoms with Gasteiger partial charge in [-0.1, -0.05) is 32.3 Å². The summed E-state index contributed by atoms with van der Waals surface area (Å²) in [5, 5.41) is 0. The number of carbonyl (C=O) groups is 2. The highest BCUT2D eigenvalue weighted by Gasteiger charge is 2.44. The van der Waals surface area contributed by atoms with Crippen molar-refractivity contribution in [3.05, 3.63) is 23.8 Å². The molecule has 2 aliphatic rings. The molecule has 0 N–H and O–H groups in total. The number of ether oxygens (including phenoxy) is 3. The molecule has 1 fully saturated rings. The average molecular weight is 375 g/mol. The molecule has 0 bridgehead atoms. The molecule has 1 aliphatic carbocycles. The zero-order valence-corrected chi connectivity index (χ0v) is 16.5. The molecule has 3 rings (SSSR count). The van der Waals surface area contributed by atoms with Gasteiger partial charge in [-0.15, -0.1) is 0 Å². The summed E-state index contributed by atoms with van der Waals surface area (Å²) in [5.74, 6) is 0.887. The van der Waals surface area contributed by atoms with Crippen LogP contribution >= 0.6 is 0 Å². The van der Waals surface area contributed by atoms with Crippen molar-refractivity contribution in [1.29, 1.82) is 0 Å². The van der Waals surface area contributed by atoms with Gasteiger partial charge in [0.1, 0.15) is 0 Å². The summed E-state index contributed by atoms with van der Waals surface area (Å²) >= 11 is 0. The first kappa shape index (κ1) is 19.5. The Morgan fingerprint density at radius 1 is 1.19 bits per heavy atom. The molecule has 148 valence electrons. The fourth-order valence-corrected chi connectivity index (χ4v) is 4.24. The summed E-state index contributed by atoms with van der Waals surface area (Å²) in [5.41, 5.74) is 0.422. The number of carbonyl (C=O) groups excluding carboxylic acids is 2. The molecule has 1 saturated carbocycles. The predicted octanol–water partition coefficient (Wildman–Crippen LogP) is 3.27. The van der Waals surface area contributed by atoms with Gasteiger partial charge in [-0.05, 0) is 37.5 Å². The van der Waals surface area contributed by atoms with Crippen molar-refractivity contribution in [2.45, 2.75) is 51.4 Å². The second-order valence-electron chi connectivity index (χ2n) is 7.48. The van der Waals surface area contributed by atoms with E-state index in [9.17, 15) is 9.59 Å². The molecule has 1 aromatic rings. The first-order valence-electron chi connectivity index (χ1n) is 9.79. The Labute approximate surface area is 160 Å². The minimum atomic E-state index is -0.564. The first-order valence-corrected chi connectivity index (χ1v) is 9.79. The first-order chi connectivity index (χ1) is 13.0. The predicted molar refractivity (Wildman–Crippen MR) is 101 cm³/mol. The van der Waals surface area contributed by atoms with Crippen molar-refractivity contribution < 1.29 is 23.8 Å². The van der Waals surface area contributed by atoms with E-state index in [1.165, 1.54) is 7.11 Å². The number of esters is 1. The van der Waals surface area contributed by atoms with E-state index in [-0.39, 0.29) is 24.6 Å². The van der Waals surface area contributed by atoms with Crippen LogP contribution in [0.5, 0.6) is 11.5 Å². The average Bonchev–Trinajstić information content (AvgIpc) is 3.19. The molecule has 1 aliphatic heterocycles. The highest BCUT2D eigenvalue weighted by atomic mass is 16.7. The zero-order valence-electron chi connectivity index (χ0n) is 16.5. The third-order valence-electron chi connectivity index (χ3n) is 5.81. The highest BCUT2D eigenvalue weighted by molar-refractivity contribution is 5.89.